The van der Waals surface area contributed by atoms with Crippen molar-refractivity contribution in [3.8, 4) is 17.0 Å². The lowest BCUT2D eigenvalue weighted by Gasteiger charge is -2.35. The highest BCUT2D eigenvalue weighted by Crippen LogP contribution is 2.23. The molecular formula is C22H23ClN4O2. The Morgan fingerprint density at radius 2 is 1.76 bits per heavy atom. The molecule has 1 aliphatic heterocycles. The van der Waals surface area contributed by atoms with Gasteiger partial charge in [0.25, 0.3) is 5.91 Å². The molecule has 0 unspecified atom stereocenters. The normalized spacial score (nSPS) is 14.1. The van der Waals surface area contributed by atoms with Crippen LogP contribution < -0.4 is 9.64 Å². The summed E-state index contributed by atoms with van der Waals surface area (Å²) in [4.78, 5) is 17.0. The molecule has 0 spiro atoms. The summed E-state index contributed by atoms with van der Waals surface area (Å²) in [6.07, 6.45) is 0. The van der Waals surface area contributed by atoms with E-state index in [-0.39, 0.29) is 5.91 Å². The van der Waals surface area contributed by atoms with Crippen molar-refractivity contribution in [3.63, 3.8) is 0 Å². The minimum Gasteiger partial charge on any atom is -0.494 e. The molecule has 4 rings (SSSR count). The number of carbonyl (C=O) groups is 1. The molecule has 29 heavy (non-hydrogen) atoms. The molecule has 3 aromatic rings. The van der Waals surface area contributed by atoms with E-state index in [1.54, 1.807) is 0 Å². The highest BCUT2D eigenvalue weighted by molar-refractivity contribution is 6.30. The number of H-pyrrole nitrogens is 1. The highest BCUT2D eigenvalue weighted by Gasteiger charge is 2.23. The Morgan fingerprint density at radius 3 is 2.41 bits per heavy atom. The van der Waals surface area contributed by atoms with Gasteiger partial charge >= 0.3 is 0 Å². The molecular weight excluding hydrogens is 388 g/mol. The van der Waals surface area contributed by atoms with Crippen LogP contribution in [0.1, 0.15) is 17.4 Å². The van der Waals surface area contributed by atoms with E-state index in [1.807, 2.05) is 66.4 Å². The van der Waals surface area contributed by atoms with Crippen molar-refractivity contribution in [2.24, 2.45) is 0 Å². The predicted octanol–water partition coefficient (Wildman–Crippen LogP) is 4.09. The van der Waals surface area contributed by atoms with Gasteiger partial charge in [-0.3, -0.25) is 9.89 Å². The van der Waals surface area contributed by atoms with Crippen molar-refractivity contribution in [3.05, 3.63) is 65.3 Å². The van der Waals surface area contributed by atoms with Crippen LogP contribution in [0.5, 0.6) is 5.75 Å². The van der Waals surface area contributed by atoms with Gasteiger partial charge in [-0.1, -0.05) is 11.6 Å². The largest absolute Gasteiger partial charge is 0.494 e. The molecule has 7 heteroatoms. The topological polar surface area (TPSA) is 61.5 Å². The first kappa shape index (κ1) is 19.3. The van der Waals surface area contributed by atoms with Gasteiger partial charge in [0.05, 0.1) is 12.3 Å². The first-order valence-electron chi connectivity index (χ1n) is 9.72. The zero-order valence-corrected chi connectivity index (χ0v) is 17.0. The molecule has 0 radical (unpaired) electrons. The number of nitrogens with one attached hydrogen (secondary N) is 1. The van der Waals surface area contributed by atoms with Crippen molar-refractivity contribution in [2.45, 2.75) is 6.92 Å². The monoisotopic (exact) mass is 410 g/mol. The molecule has 0 saturated carbocycles. The maximum Gasteiger partial charge on any atom is 0.272 e. The van der Waals surface area contributed by atoms with E-state index in [0.717, 1.165) is 40.8 Å². The van der Waals surface area contributed by atoms with Gasteiger partial charge < -0.3 is 14.5 Å². The molecule has 0 aliphatic carbocycles. The van der Waals surface area contributed by atoms with Crippen molar-refractivity contribution in [2.75, 3.05) is 37.7 Å². The maximum absolute atomic E-state index is 12.9. The maximum atomic E-state index is 12.9. The van der Waals surface area contributed by atoms with Crippen molar-refractivity contribution < 1.29 is 9.53 Å². The molecule has 1 saturated heterocycles. The Hall–Kier alpha value is -2.99. The van der Waals surface area contributed by atoms with Gasteiger partial charge in [-0.05, 0) is 61.5 Å². The minimum absolute atomic E-state index is 0.0227. The second kappa shape index (κ2) is 8.57. The molecule has 1 aromatic heterocycles. The van der Waals surface area contributed by atoms with E-state index in [2.05, 4.69) is 15.1 Å². The van der Waals surface area contributed by atoms with Gasteiger partial charge in [-0.15, -0.1) is 0 Å². The summed E-state index contributed by atoms with van der Waals surface area (Å²) < 4.78 is 5.47. The zero-order chi connectivity index (χ0) is 20.2. The number of aromatic nitrogens is 2. The van der Waals surface area contributed by atoms with Crippen molar-refractivity contribution in [1.82, 2.24) is 15.1 Å². The fourth-order valence-corrected chi connectivity index (χ4v) is 3.58. The van der Waals surface area contributed by atoms with Crippen LogP contribution in [0.4, 0.5) is 5.69 Å². The van der Waals surface area contributed by atoms with Crippen molar-refractivity contribution >= 4 is 23.2 Å². The van der Waals surface area contributed by atoms with E-state index in [4.69, 9.17) is 16.3 Å². The van der Waals surface area contributed by atoms with Crippen LogP contribution in [-0.2, 0) is 0 Å². The van der Waals surface area contributed by atoms with Crippen LogP contribution in [0.2, 0.25) is 5.02 Å². The smallest absolute Gasteiger partial charge is 0.272 e. The lowest BCUT2D eigenvalue weighted by molar-refractivity contribution is 0.0741. The summed E-state index contributed by atoms with van der Waals surface area (Å²) in [6.45, 7) is 5.48. The number of piperazine rings is 1. The van der Waals surface area contributed by atoms with Crippen LogP contribution in [0.3, 0.4) is 0 Å². The zero-order valence-electron chi connectivity index (χ0n) is 16.3. The quantitative estimate of drug-likeness (QED) is 0.688. The third kappa shape index (κ3) is 4.38. The Morgan fingerprint density at radius 1 is 1.07 bits per heavy atom. The molecule has 2 heterocycles. The van der Waals surface area contributed by atoms with E-state index < -0.39 is 0 Å². The lowest BCUT2D eigenvalue weighted by atomic mass is 10.1. The van der Waals surface area contributed by atoms with Crippen LogP contribution in [0.15, 0.2) is 54.6 Å². The molecule has 1 aliphatic rings. The first-order chi connectivity index (χ1) is 14.1. The molecule has 1 amide bonds. The Labute approximate surface area is 175 Å². The standard InChI is InChI=1S/C22H23ClN4O2/c1-2-29-19-9-3-16(4-10-19)20-15-21(25-24-20)22(28)27-13-11-26(12-14-27)18-7-5-17(23)6-8-18/h3-10,15H,2,11-14H2,1H3,(H,24,25). The fraction of sp³-hybridized carbons (Fsp3) is 0.273. The fourth-order valence-electron chi connectivity index (χ4n) is 3.46. The number of amides is 1. The van der Waals surface area contributed by atoms with E-state index in [1.165, 1.54) is 0 Å². The van der Waals surface area contributed by atoms with Gasteiger partial charge in [0.15, 0.2) is 0 Å². The van der Waals surface area contributed by atoms with Crippen LogP contribution in [-0.4, -0.2) is 53.8 Å². The third-order valence-corrected chi connectivity index (χ3v) is 5.28. The number of aromatic amines is 1. The number of benzene rings is 2. The van der Waals surface area contributed by atoms with Crippen LogP contribution in [0, 0.1) is 0 Å². The number of hydrogen-bond acceptors (Lipinski definition) is 4. The number of hydrogen-bond donors (Lipinski definition) is 1. The number of nitrogens with zero attached hydrogens (tertiary/aromatic N) is 3. The number of rotatable bonds is 5. The number of carbonyl (C=O) groups excluding carboxylic acids is 1. The molecule has 1 N–H and O–H groups in total. The molecule has 0 bridgehead atoms. The second-order valence-corrected chi connectivity index (χ2v) is 7.32. The minimum atomic E-state index is -0.0227. The molecule has 6 nitrogen and oxygen atoms in total. The van der Waals surface area contributed by atoms with Crippen LogP contribution in [0.25, 0.3) is 11.3 Å². The molecule has 150 valence electrons. The summed E-state index contributed by atoms with van der Waals surface area (Å²) >= 11 is 5.96. The van der Waals surface area contributed by atoms with E-state index in [9.17, 15) is 4.79 Å². The first-order valence-corrected chi connectivity index (χ1v) is 10.1. The lowest BCUT2D eigenvalue weighted by Crippen LogP contribution is -2.48. The number of halogens is 1. The molecule has 0 atom stereocenters. The van der Waals surface area contributed by atoms with Gasteiger partial charge in [0, 0.05) is 42.5 Å². The summed E-state index contributed by atoms with van der Waals surface area (Å²) in [5.74, 6) is 0.798. The third-order valence-electron chi connectivity index (χ3n) is 5.03. The van der Waals surface area contributed by atoms with Gasteiger partial charge in [-0.25, -0.2) is 0 Å². The van der Waals surface area contributed by atoms with E-state index >= 15 is 0 Å². The number of ether oxygens (including phenoxy) is 1. The molecule has 1 fully saturated rings. The average molecular weight is 411 g/mol. The summed E-state index contributed by atoms with van der Waals surface area (Å²) in [6, 6.07) is 17.3. The Balaban J connectivity index is 1.38. The highest BCUT2D eigenvalue weighted by atomic mass is 35.5. The summed E-state index contributed by atoms with van der Waals surface area (Å²) in [5.41, 5.74) is 3.32. The Bertz CT molecular complexity index is 961. The Kier molecular flexibility index (Phi) is 5.71. The van der Waals surface area contributed by atoms with Gasteiger partial charge in [0.1, 0.15) is 11.4 Å². The van der Waals surface area contributed by atoms with Crippen molar-refractivity contribution in [1.29, 1.82) is 0 Å². The summed E-state index contributed by atoms with van der Waals surface area (Å²) in [7, 11) is 0. The molecule has 2 aromatic carbocycles. The predicted molar refractivity (Wildman–Crippen MR) is 115 cm³/mol. The van der Waals surface area contributed by atoms with Gasteiger partial charge in [-0.2, -0.15) is 5.10 Å². The number of anilines is 1. The van der Waals surface area contributed by atoms with Crippen LogP contribution >= 0.6 is 11.6 Å². The second-order valence-electron chi connectivity index (χ2n) is 6.88. The average Bonchev–Trinajstić information content (AvgIpc) is 3.25. The van der Waals surface area contributed by atoms with Gasteiger partial charge in [0.2, 0.25) is 0 Å². The SMILES string of the molecule is CCOc1ccc(-c2cc(C(=O)N3CCN(c4ccc(Cl)cc4)CC3)[nH]n2)cc1. The van der Waals surface area contributed by atoms with E-state index in [0.29, 0.717) is 25.4 Å². The summed E-state index contributed by atoms with van der Waals surface area (Å²) in [5, 5.41) is 7.93.